The molecular weight excluding hydrogens is 491 g/mol. The van der Waals surface area contributed by atoms with E-state index >= 15 is 0 Å². The van der Waals surface area contributed by atoms with E-state index in [0.717, 1.165) is 16.8 Å². The lowest BCUT2D eigenvalue weighted by atomic mass is 9.93. The van der Waals surface area contributed by atoms with Gasteiger partial charge in [0.05, 0.1) is 0 Å². The van der Waals surface area contributed by atoms with Gasteiger partial charge in [0.25, 0.3) is 5.91 Å². The van der Waals surface area contributed by atoms with Crippen molar-refractivity contribution in [2.45, 2.75) is 36.3 Å². The molecule has 4 rings (SSSR count). The van der Waals surface area contributed by atoms with E-state index in [9.17, 15) is 18.4 Å². The number of aromatic nitrogens is 2. The number of pyridine rings is 2. The number of halogens is 2. The molecule has 33 heavy (non-hydrogen) atoms. The van der Waals surface area contributed by atoms with Gasteiger partial charge >= 0.3 is 0 Å². The van der Waals surface area contributed by atoms with Crippen LogP contribution in [0.1, 0.15) is 37.3 Å². The van der Waals surface area contributed by atoms with Gasteiger partial charge in [-0.05, 0) is 25.0 Å². The third-order valence-corrected chi connectivity index (χ3v) is 8.93. The first-order valence-corrected chi connectivity index (χ1v) is 11.8. The summed E-state index contributed by atoms with van der Waals surface area (Å²) in [6.07, 6.45) is 6.62. The Morgan fingerprint density at radius 3 is 2.30 bits per heavy atom. The second-order valence-electron chi connectivity index (χ2n) is 7.94. The van der Waals surface area contributed by atoms with E-state index in [0.29, 0.717) is 25.9 Å². The zero-order valence-corrected chi connectivity index (χ0v) is 20.4. The lowest BCUT2D eigenvalue weighted by Gasteiger charge is -2.40. The van der Waals surface area contributed by atoms with E-state index in [1.165, 1.54) is 4.31 Å². The summed E-state index contributed by atoms with van der Waals surface area (Å²) >= 11 is 0. The molecule has 182 valence electrons. The Morgan fingerprint density at radius 2 is 1.76 bits per heavy atom. The summed E-state index contributed by atoms with van der Waals surface area (Å²) in [4.78, 5) is 21.1. The maximum Gasteiger partial charge on any atom is 0.266 e. The number of rotatable bonds is 5. The number of ether oxygens (including phenoxy) is 1. The van der Waals surface area contributed by atoms with E-state index in [1.807, 2.05) is 30.5 Å². The molecule has 0 aromatic carbocycles. The number of sulfonamides is 1. The van der Waals surface area contributed by atoms with Crippen LogP contribution < -0.4 is 5.48 Å². The van der Waals surface area contributed by atoms with Gasteiger partial charge in [-0.2, -0.15) is 0 Å². The monoisotopic (exact) mass is 518 g/mol. The summed E-state index contributed by atoms with van der Waals surface area (Å²) in [7, 11) is -3.95. The largest absolute Gasteiger partial charge is 0.381 e. The molecule has 0 unspecified atom stereocenters. The van der Waals surface area contributed by atoms with Gasteiger partial charge in [-0.3, -0.25) is 20.0 Å². The molecule has 1 amide bonds. The number of amides is 1. The van der Waals surface area contributed by atoms with Crippen LogP contribution in [0.3, 0.4) is 0 Å². The van der Waals surface area contributed by atoms with Gasteiger partial charge in [0.1, 0.15) is 0 Å². The average molecular weight is 519 g/mol. The number of hydroxylamine groups is 1. The highest BCUT2D eigenvalue weighted by Gasteiger charge is 2.54. The highest BCUT2D eigenvalue weighted by atomic mass is 35.5. The quantitative estimate of drug-likeness (QED) is 0.460. The van der Waals surface area contributed by atoms with Gasteiger partial charge in [0.15, 0.2) is 4.75 Å². The van der Waals surface area contributed by atoms with Crippen LogP contribution in [0, 0.1) is 0 Å². The van der Waals surface area contributed by atoms with Crippen LogP contribution in [-0.4, -0.2) is 64.9 Å². The van der Waals surface area contributed by atoms with Crippen LogP contribution in [-0.2, 0) is 19.6 Å². The molecule has 9 nitrogen and oxygen atoms in total. The summed E-state index contributed by atoms with van der Waals surface area (Å²) in [6.45, 7) is 0.938. The number of carbonyl (C=O) groups excluding carboxylic acids is 1. The first kappa shape index (κ1) is 27.4. The Labute approximate surface area is 205 Å². The zero-order valence-electron chi connectivity index (χ0n) is 17.9. The summed E-state index contributed by atoms with van der Waals surface area (Å²) in [5, 5.41) is 9.17. The Hall–Kier alpha value is -1.82. The predicted molar refractivity (Wildman–Crippen MR) is 127 cm³/mol. The molecule has 0 bridgehead atoms. The van der Waals surface area contributed by atoms with Crippen molar-refractivity contribution in [2.24, 2.45) is 0 Å². The lowest BCUT2D eigenvalue weighted by molar-refractivity contribution is -0.134. The minimum absolute atomic E-state index is 0. The molecule has 2 aliphatic heterocycles. The molecular formula is C21H28Cl2N4O5S. The Bertz CT molecular complexity index is 1010. The van der Waals surface area contributed by atoms with E-state index in [2.05, 4.69) is 9.97 Å². The van der Waals surface area contributed by atoms with Crippen LogP contribution in [0.25, 0.3) is 11.1 Å². The van der Waals surface area contributed by atoms with E-state index in [4.69, 9.17) is 4.74 Å². The molecule has 0 saturated carbocycles. The SMILES string of the molecule is Cl.Cl.O=C(NO)C1(S(=O)(=O)N2CCC(c3ccc(-c4cccnc4)cn3)CC2)CCOCC1. The Morgan fingerprint density at radius 1 is 1.09 bits per heavy atom. The first-order valence-electron chi connectivity index (χ1n) is 10.4. The van der Waals surface area contributed by atoms with Crippen LogP contribution in [0.15, 0.2) is 42.9 Å². The zero-order chi connectivity index (χ0) is 21.9. The van der Waals surface area contributed by atoms with Crippen LogP contribution in [0.4, 0.5) is 0 Å². The van der Waals surface area contributed by atoms with Crippen molar-refractivity contribution < 1.29 is 23.2 Å². The molecule has 0 spiro atoms. The predicted octanol–water partition coefficient (Wildman–Crippen LogP) is 2.55. The topological polar surface area (TPSA) is 122 Å². The standard InChI is InChI=1S/C21H26N4O5S.2ClH/c26-20(24-27)21(7-12-30-13-8-21)31(28,29)25-10-5-16(6-11-25)19-4-3-18(15-23-19)17-2-1-9-22-14-17;;/h1-4,9,14-16,27H,5-8,10-13H2,(H,24,26);2*1H. The third kappa shape index (κ3) is 5.31. The summed E-state index contributed by atoms with van der Waals surface area (Å²) < 4.78 is 31.7. The van der Waals surface area contributed by atoms with E-state index in [1.54, 1.807) is 17.9 Å². The molecule has 0 aliphatic carbocycles. The maximum absolute atomic E-state index is 13.4. The number of piperidine rings is 1. The molecule has 2 aliphatic rings. The number of hydrogen-bond acceptors (Lipinski definition) is 7. The summed E-state index contributed by atoms with van der Waals surface area (Å²) in [5.41, 5.74) is 4.46. The van der Waals surface area contributed by atoms with Gasteiger partial charge in [0, 0.05) is 80.5 Å². The van der Waals surface area contributed by atoms with Crippen LogP contribution in [0.5, 0.6) is 0 Å². The number of hydrogen-bond donors (Lipinski definition) is 2. The summed E-state index contributed by atoms with van der Waals surface area (Å²) in [6, 6.07) is 7.84. The van der Waals surface area contributed by atoms with Crippen molar-refractivity contribution in [3.8, 4) is 11.1 Å². The maximum atomic E-state index is 13.4. The van der Waals surface area contributed by atoms with E-state index in [-0.39, 0.29) is 56.8 Å². The molecule has 0 atom stereocenters. The van der Waals surface area contributed by atoms with Crippen LogP contribution in [0.2, 0.25) is 0 Å². The second-order valence-corrected chi connectivity index (χ2v) is 10.2. The highest BCUT2D eigenvalue weighted by molar-refractivity contribution is 7.91. The average Bonchev–Trinajstić information content (AvgIpc) is 2.84. The fourth-order valence-corrected chi connectivity index (χ4v) is 6.54. The molecule has 0 radical (unpaired) electrons. The normalized spacial score (nSPS) is 19.1. The van der Waals surface area contributed by atoms with Gasteiger partial charge in [-0.15, -0.1) is 24.8 Å². The molecule has 2 aromatic heterocycles. The fourth-order valence-electron chi connectivity index (χ4n) is 4.40. The molecule has 2 N–H and O–H groups in total. The van der Waals surface area contributed by atoms with Crippen molar-refractivity contribution >= 4 is 40.7 Å². The number of nitrogens with zero attached hydrogens (tertiary/aromatic N) is 3. The van der Waals surface area contributed by atoms with Crippen molar-refractivity contribution in [2.75, 3.05) is 26.3 Å². The number of nitrogens with one attached hydrogen (secondary N) is 1. The minimum Gasteiger partial charge on any atom is -0.381 e. The lowest BCUT2D eigenvalue weighted by Crippen LogP contribution is -2.60. The van der Waals surface area contributed by atoms with Crippen molar-refractivity contribution in [1.29, 1.82) is 0 Å². The van der Waals surface area contributed by atoms with Crippen LogP contribution >= 0.6 is 24.8 Å². The molecule has 4 heterocycles. The Balaban J connectivity index is 0.00000193. The molecule has 2 saturated heterocycles. The Kier molecular flexibility index (Phi) is 9.59. The summed E-state index contributed by atoms with van der Waals surface area (Å²) in [5.74, 6) is -0.739. The molecule has 12 heteroatoms. The smallest absolute Gasteiger partial charge is 0.266 e. The van der Waals surface area contributed by atoms with Crippen molar-refractivity contribution in [1.82, 2.24) is 19.8 Å². The van der Waals surface area contributed by atoms with Gasteiger partial charge in [-0.1, -0.05) is 12.1 Å². The van der Waals surface area contributed by atoms with E-state index < -0.39 is 20.7 Å². The van der Waals surface area contributed by atoms with Crippen molar-refractivity contribution in [3.05, 3.63) is 48.5 Å². The first-order chi connectivity index (χ1) is 15.0. The van der Waals surface area contributed by atoms with Gasteiger partial charge in [0.2, 0.25) is 10.0 Å². The molecule has 2 aromatic rings. The minimum atomic E-state index is -3.95. The second kappa shape index (κ2) is 11.5. The highest BCUT2D eigenvalue weighted by Crippen LogP contribution is 2.36. The van der Waals surface area contributed by atoms with Gasteiger partial charge < -0.3 is 4.74 Å². The number of carbonyl (C=O) groups is 1. The fraction of sp³-hybridized carbons (Fsp3) is 0.476. The van der Waals surface area contributed by atoms with Gasteiger partial charge in [-0.25, -0.2) is 18.2 Å². The van der Waals surface area contributed by atoms with Crippen molar-refractivity contribution in [3.63, 3.8) is 0 Å². The third-order valence-electron chi connectivity index (χ3n) is 6.30. The molecule has 2 fully saturated rings.